The zero-order chi connectivity index (χ0) is 17.5. The van der Waals surface area contributed by atoms with Crippen LogP contribution in [0, 0.1) is 5.92 Å². The molecule has 2 rings (SSSR count). The highest BCUT2D eigenvalue weighted by molar-refractivity contribution is 5.95. The average molecular weight is 333 g/mol. The van der Waals surface area contributed by atoms with E-state index in [1.165, 1.54) is 0 Å². The second kappa shape index (κ2) is 8.14. The molecular weight excluding hydrogens is 314 g/mol. The molecule has 0 saturated carbocycles. The summed E-state index contributed by atoms with van der Waals surface area (Å²) in [7, 11) is 0. The lowest BCUT2D eigenvalue weighted by molar-refractivity contribution is -0.161. The van der Waals surface area contributed by atoms with Crippen LogP contribution in [0.2, 0.25) is 0 Å². The zero-order valence-electron chi connectivity index (χ0n) is 13.5. The minimum Gasteiger partial charge on any atom is -0.465 e. The first-order chi connectivity index (χ1) is 11.6. The Morgan fingerprint density at radius 1 is 1.08 bits per heavy atom. The van der Waals surface area contributed by atoms with Gasteiger partial charge in [-0.25, -0.2) is 9.95 Å². The predicted octanol–water partition coefficient (Wildman–Crippen LogP) is 1.92. The maximum atomic E-state index is 12.1. The molecule has 0 bridgehead atoms. The topological polar surface area (TPSA) is 98.6 Å². The third-order valence-corrected chi connectivity index (χ3v) is 3.41. The Balaban J connectivity index is 2.36. The van der Waals surface area contributed by atoms with Gasteiger partial charge in [-0.2, -0.15) is 0 Å². The number of esters is 2. The van der Waals surface area contributed by atoms with E-state index in [9.17, 15) is 14.4 Å². The number of aromatic nitrogens is 1. The molecule has 0 saturated heterocycles. The van der Waals surface area contributed by atoms with E-state index >= 15 is 0 Å². The predicted molar refractivity (Wildman–Crippen MR) is 85.2 cm³/mol. The molecule has 0 radical (unpaired) electrons. The second-order valence-electron chi connectivity index (χ2n) is 4.97. The van der Waals surface area contributed by atoms with Crippen molar-refractivity contribution in [1.82, 2.24) is 5.16 Å². The minimum absolute atomic E-state index is 0.127. The normalized spacial score (nSPS) is 10.6. The summed E-state index contributed by atoms with van der Waals surface area (Å²) in [6.07, 6.45) is -0.159. The van der Waals surface area contributed by atoms with E-state index in [0.717, 1.165) is 0 Å². The fraction of sp³-hybridized carbons (Fsp3) is 0.353. The smallest absolute Gasteiger partial charge is 0.361 e. The first-order valence-corrected chi connectivity index (χ1v) is 7.67. The molecule has 128 valence electrons. The van der Waals surface area contributed by atoms with Crippen molar-refractivity contribution in [2.24, 2.45) is 5.92 Å². The highest BCUT2D eigenvalue weighted by atomic mass is 16.6. The van der Waals surface area contributed by atoms with Crippen LogP contribution in [0.4, 0.5) is 0 Å². The van der Waals surface area contributed by atoms with Gasteiger partial charge in [0.2, 0.25) is 0 Å². The lowest BCUT2D eigenvalue weighted by Gasteiger charge is -2.13. The molecule has 1 N–H and O–H groups in total. The van der Waals surface area contributed by atoms with Crippen LogP contribution in [0.25, 0.3) is 11.3 Å². The van der Waals surface area contributed by atoms with Crippen LogP contribution in [0.5, 0.6) is 0 Å². The Kier molecular flexibility index (Phi) is 5.95. The van der Waals surface area contributed by atoms with Crippen LogP contribution in [0.3, 0.4) is 0 Å². The number of H-pyrrole nitrogens is 1. The number of benzene rings is 1. The van der Waals surface area contributed by atoms with Crippen LogP contribution in [-0.4, -0.2) is 30.3 Å². The second-order valence-corrected chi connectivity index (χ2v) is 4.97. The summed E-state index contributed by atoms with van der Waals surface area (Å²) in [5.41, 5.74) is 0.712. The lowest BCUT2D eigenvalue weighted by Crippen LogP contribution is -2.31. The van der Waals surface area contributed by atoms with E-state index in [2.05, 4.69) is 5.16 Å². The Labute approximate surface area is 138 Å². The Morgan fingerprint density at radius 3 is 2.21 bits per heavy atom. The van der Waals surface area contributed by atoms with Crippen LogP contribution in [-0.2, 0) is 25.5 Å². The summed E-state index contributed by atoms with van der Waals surface area (Å²) in [4.78, 5) is 36.2. The summed E-state index contributed by atoms with van der Waals surface area (Å²) >= 11 is 0. The summed E-state index contributed by atoms with van der Waals surface area (Å²) in [6, 6.07) is 9.01. The van der Waals surface area contributed by atoms with Gasteiger partial charge in [0.1, 0.15) is 0 Å². The Hall–Kier alpha value is -2.83. The van der Waals surface area contributed by atoms with Crippen molar-refractivity contribution < 1.29 is 23.6 Å². The molecule has 1 aromatic carbocycles. The largest absolute Gasteiger partial charge is 0.465 e. The van der Waals surface area contributed by atoms with Crippen molar-refractivity contribution >= 4 is 11.9 Å². The van der Waals surface area contributed by atoms with Crippen molar-refractivity contribution in [1.29, 1.82) is 0 Å². The molecule has 7 nitrogen and oxygen atoms in total. The summed E-state index contributed by atoms with van der Waals surface area (Å²) in [5.74, 6) is -2.67. The standard InChI is InChI=1S/C17H19NO6/c1-3-22-15(19)13(16(20)23-4-2)10-12-14(18-24-17(12)21)11-8-6-5-7-9-11/h5-9,13,18H,3-4,10H2,1-2H3. The van der Waals surface area contributed by atoms with Crippen molar-refractivity contribution in [3.05, 3.63) is 46.3 Å². The maximum Gasteiger partial charge on any atom is 0.361 e. The molecule has 0 unspecified atom stereocenters. The van der Waals surface area contributed by atoms with Gasteiger partial charge in [0, 0.05) is 12.0 Å². The molecule has 0 spiro atoms. The Morgan fingerprint density at radius 2 is 1.67 bits per heavy atom. The summed E-state index contributed by atoms with van der Waals surface area (Å²) in [6.45, 7) is 3.53. The molecule has 24 heavy (non-hydrogen) atoms. The number of hydrogen-bond acceptors (Lipinski definition) is 6. The first-order valence-electron chi connectivity index (χ1n) is 7.67. The summed E-state index contributed by atoms with van der Waals surface area (Å²) < 4.78 is 14.7. The summed E-state index contributed by atoms with van der Waals surface area (Å²) in [5, 5.41) is 2.55. The quantitative estimate of drug-likeness (QED) is 0.614. The van der Waals surface area contributed by atoms with Gasteiger partial charge < -0.3 is 14.0 Å². The fourth-order valence-corrected chi connectivity index (χ4v) is 2.30. The molecule has 0 atom stereocenters. The number of nitrogens with one attached hydrogen (secondary N) is 1. The van der Waals surface area contributed by atoms with Crippen LogP contribution >= 0.6 is 0 Å². The highest BCUT2D eigenvalue weighted by Gasteiger charge is 2.32. The number of carbonyl (C=O) groups is 2. The average Bonchev–Trinajstić information content (AvgIpc) is 2.94. The molecular formula is C17H19NO6. The van der Waals surface area contributed by atoms with E-state index in [-0.39, 0.29) is 25.2 Å². The molecule has 0 aliphatic carbocycles. The molecule has 0 fully saturated rings. The van der Waals surface area contributed by atoms with E-state index < -0.39 is 23.5 Å². The molecule has 0 amide bonds. The molecule has 0 aliphatic heterocycles. The van der Waals surface area contributed by atoms with Crippen molar-refractivity contribution in [2.75, 3.05) is 13.2 Å². The monoisotopic (exact) mass is 333 g/mol. The van der Waals surface area contributed by atoms with Gasteiger partial charge in [0.15, 0.2) is 5.92 Å². The van der Waals surface area contributed by atoms with Crippen molar-refractivity contribution in [3.63, 3.8) is 0 Å². The molecule has 7 heteroatoms. The van der Waals surface area contributed by atoms with Crippen molar-refractivity contribution in [3.8, 4) is 11.3 Å². The number of hydrogen-bond donors (Lipinski definition) is 1. The van der Waals surface area contributed by atoms with Crippen LogP contribution in [0.1, 0.15) is 19.4 Å². The van der Waals surface area contributed by atoms with E-state index in [1.54, 1.807) is 38.1 Å². The highest BCUT2D eigenvalue weighted by Crippen LogP contribution is 2.22. The van der Waals surface area contributed by atoms with Gasteiger partial charge in [0.05, 0.1) is 24.5 Å². The molecule has 0 aliphatic rings. The van der Waals surface area contributed by atoms with Gasteiger partial charge in [-0.1, -0.05) is 30.3 Å². The maximum absolute atomic E-state index is 12.1. The third-order valence-electron chi connectivity index (χ3n) is 3.41. The van der Waals surface area contributed by atoms with E-state index in [1.807, 2.05) is 6.07 Å². The number of aromatic amines is 1. The van der Waals surface area contributed by atoms with Gasteiger partial charge >= 0.3 is 17.6 Å². The molecule has 1 heterocycles. The van der Waals surface area contributed by atoms with Gasteiger partial charge in [-0.3, -0.25) is 9.59 Å². The number of carbonyl (C=O) groups excluding carboxylic acids is 2. The SMILES string of the molecule is CCOC(=O)C(Cc1c(-c2ccccc2)[nH]oc1=O)C(=O)OCC. The van der Waals surface area contributed by atoms with Gasteiger partial charge in [-0.15, -0.1) is 0 Å². The first kappa shape index (κ1) is 17.5. The van der Waals surface area contributed by atoms with Crippen LogP contribution < -0.4 is 5.63 Å². The number of rotatable bonds is 7. The van der Waals surface area contributed by atoms with Crippen LogP contribution in [0.15, 0.2) is 39.6 Å². The van der Waals surface area contributed by atoms with E-state index in [4.69, 9.17) is 14.0 Å². The third kappa shape index (κ3) is 3.92. The van der Waals surface area contributed by atoms with E-state index in [0.29, 0.717) is 11.3 Å². The van der Waals surface area contributed by atoms with Gasteiger partial charge in [0.25, 0.3) is 0 Å². The Bertz CT molecular complexity index is 728. The molecule has 2 aromatic rings. The number of ether oxygens (including phenoxy) is 2. The molecule has 1 aromatic heterocycles. The van der Waals surface area contributed by atoms with Crippen molar-refractivity contribution in [2.45, 2.75) is 20.3 Å². The lowest BCUT2D eigenvalue weighted by atomic mass is 9.97. The zero-order valence-corrected chi connectivity index (χ0v) is 13.5. The minimum atomic E-state index is -1.22. The van der Waals surface area contributed by atoms with Gasteiger partial charge in [-0.05, 0) is 13.8 Å². The fourth-order valence-electron chi connectivity index (χ4n) is 2.30.